The molecule has 30 heavy (non-hydrogen) atoms. The molecule has 0 radical (unpaired) electrons. The van der Waals surface area contributed by atoms with Crippen LogP contribution in [0.5, 0.6) is 5.75 Å². The Morgan fingerprint density at radius 1 is 1.30 bits per heavy atom. The van der Waals surface area contributed by atoms with Gasteiger partial charge >= 0.3 is 5.97 Å². The van der Waals surface area contributed by atoms with E-state index < -0.39 is 12.0 Å². The fraction of sp³-hybridized carbons (Fsp3) is 0.476. The number of aromatic carboxylic acids is 1. The van der Waals surface area contributed by atoms with Crippen molar-refractivity contribution >= 4 is 28.5 Å². The van der Waals surface area contributed by atoms with E-state index in [4.69, 9.17) is 10.5 Å². The van der Waals surface area contributed by atoms with E-state index in [2.05, 4.69) is 15.6 Å². The average Bonchev–Trinajstić information content (AvgIpc) is 2.70. The molecule has 162 valence electrons. The third-order valence-corrected chi connectivity index (χ3v) is 5.57. The Morgan fingerprint density at radius 3 is 2.60 bits per heavy atom. The molecule has 1 saturated carbocycles. The van der Waals surface area contributed by atoms with Crippen LogP contribution < -0.4 is 21.1 Å². The summed E-state index contributed by atoms with van der Waals surface area (Å²) in [4.78, 5) is 28.1. The van der Waals surface area contributed by atoms with Crippen molar-refractivity contribution in [3.63, 3.8) is 0 Å². The van der Waals surface area contributed by atoms with Crippen LogP contribution in [0.3, 0.4) is 0 Å². The minimum absolute atomic E-state index is 0.00654. The van der Waals surface area contributed by atoms with Crippen molar-refractivity contribution in [3.8, 4) is 5.75 Å². The van der Waals surface area contributed by atoms with E-state index in [0.29, 0.717) is 22.3 Å². The summed E-state index contributed by atoms with van der Waals surface area (Å²) in [6.07, 6.45) is 2.88. The van der Waals surface area contributed by atoms with Gasteiger partial charge in [-0.25, -0.2) is 4.79 Å². The van der Waals surface area contributed by atoms with Gasteiger partial charge in [-0.2, -0.15) is 0 Å². The lowest BCUT2D eigenvalue weighted by atomic mass is 9.92. The monoisotopic (exact) mass is 416 g/mol. The number of benzene rings is 1. The van der Waals surface area contributed by atoms with Crippen LogP contribution >= 0.6 is 0 Å². The van der Waals surface area contributed by atoms with Gasteiger partial charge in [0, 0.05) is 6.04 Å². The number of rotatable bonds is 7. The number of nitrogens with two attached hydrogens (primary N) is 1. The van der Waals surface area contributed by atoms with Crippen molar-refractivity contribution in [1.82, 2.24) is 15.6 Å². The largest absolute Gasteiger partial charge is 0.490 e. The van der Waals surface area contributed by atoms with Crippen molar-refractivity contribution in [2.45, 2.75) is 50.8 Å². The average molecular weight is 416 g/mol. The summed E-state index contributed by atoms with van der Waals surface area (Å²) in [5, 5.41) is 24.9. The number of fused-ring (bicyclic) bond motifs is 1. The molecule has 1 aliphatic carbocycles. The number of carbonyl (C=O) groups excluding carboxylic acids is 1. The van der Waals surface area contributed by atoms with Crippen molar-refractivity contribution in [1.29, 1.82) is 0 Å². The standard InChI is InChI=1S/C21H28N4O5/c1-11-17(21(28)29)19(22)18-14(24-11)4-3-5-16(18)30-13-8-6-12(7-9-13)25-20(27)15(10-26)23-2/h3-5,12-13,15,23,26H,6-10H2,1-2H3,(H2,22,24)(H,25,27)(H,28,29)/t12-,13-,15-/m0/s1. The number of pyridine rings is 1. The maximum Gasteiger partial charge on any atom is 0.339 e. The number of likely N-dealkylation sites (N-methyl/N-ethyl adjacent to an activating group) is 1. The zero-order chi connectivity index (χ0) is 21.8. The molecule has 1 aliphatic rings. The zero-order valence-electron chi connectivity index (χ0n) is 17.1. The van der Waals surface area contributed by atoms with Gasteiger partial charge in [0.2, 0.25) is 5.91 Å². The summed E-state index contributed by atoms with van der Waals surface area (Å²) in [6.45, 7) is 1.37. The highest BCUT2D eigenvalue weighted by atomic mass is 16.5. The maximum absolute atomic E-state index is 12.1. The Hall–Kier alpha value is -2.91. The number of amides is 1. The summed E-state index contributed by atoms with van der Waals surface area (Å²) in [5.74, 6) is -0.815. The second-order valence-corrected chi connectivity index (χ2v) is 7.57. The Labute approximate surface area is 174 Å². The quantitative estimate of drug-likeness (QED) is 0.453. The van der Waals surface area contributed by atoms with Crippen LogP contribution in [0, 0.1) is 6.92 Å². The van der Waals surface area contributed by atoms with Crippen LogP contribution in [0.1, 0.15) is 41.7 Å². The number of hydrogen-bond acceptors (Lipinski definition) is 7. The van der Waals surface area contributed by atoms with Crippen molar-refractivity contribution < 1.29 is 24.5 Å². The second-order valence-electron chi connectivity index (χ2n) is 7.57. The van der Waals surface area contributed by atoms with E-state index >= 15 is 0 Å². The predicted molar refractivity (Wildman–Crippen MR) is 113 cm³/mol. The lowest BCUT2D eigenvalue weighted by Crippen LogP contribution is -2.49. The van der Waals surface area contributed by atoms with Crippen molar-refractivity contribution in [2.24, 2.45) is 0 Å². The highest BCUT2D eigenvalue weighted by molar-refractivity contribution is 6.06. The molecule has 0 unspecified atom stereocenters. The lowest BCUT2D eigenvalue weighted by Gasteiger charge is -2.30. The van der Waals surface area contributed by atoms with Gasteiger partial charge in [0.05, 0.1) is 35.0 Å². The van der Waals surface area contributed by atoms with E-state index in [1.54, 1.807) is 26.1 Å². The van der Waals surface area contributed by atoms with Gasteiger partial charge in [-0.05, 0) is 51.8 Å². The van der Waals surface area contributed by atoms with Gasteiger partial charge in [0.15, 0.2) is 0 Å². The number of nitrogen functional groups attached to an aromatic ring is 1. The lowest BCUT2D eigenvalue weighted by molar-refractivity contribution is -0.125. The number of aliphatic hydroxyl groups is 1. The fourth-order valence-corrected chi connectivity index (χ4v) is 3.92. The molecular formula is C21H28N4O5. The Kier molecular flexibility index (Phi) is 6.73. The number of anilines is 1. The number of nitrogens with one attached hydrogen (secondary N) is 2. The molecule has 1 atom stereocenters. The molecule has 0 aliphatic heterocycles. The molecular weight excluding hydrogens is 388 g/mol. The number of aliphatic hydroxyl groups excluding tert-OH is 1. The minimum Gasteiger partial charge on any atom is -0.490 e. The first-order valence-electron chi connectivity index (χ1n) is 10.0. The molecule has 0 saturated heterocycles. The molecule has 1 aromatic heterocycles. The van der Waals surface area contributed by atoms with Gasteiger partial charge in [-0.1, -0.05) is 6.07 Å². The van der Waals surface area contributed by atoms with Crippen LogP contribution in [0.2, 0.25) is 0 Å². The van der Waals surface area contributed by atoms with Crippen molar-refractivity contribution in [2.75, 3.05) is 19.4 Å². The number of hydrogen-bond donors (Lipinski definition) is 5. The highest BCUT2D eigenvalue weighted by Crippen LogP contribution is 2.35. The molecule has 0 spiro atoms. The summed E-state index contributed by atoms with van der Waals surface area (Å²) >= 11 is 0. The number of carbonyl (C=O) groups is 2. The summed E-state index contributed by atoms with van der Waals surface area (Å²) in [5.41, 5.74) is 7.29. The first-order chi connectivity index (χ1) is 14.3. The van der Waals surface area contributed by atoms with Gasteiger partial charge < -0.3 is 31.3 Å². The molecule has 2 aromatic rings. The first-order valence-corrected chi connectivity index (χ1v) is 10.0. The molecule has 1 heterocycles. The number of nitrogens with zero attached hydrogens (tertiary/aromatic N) is 1. The van der Waals surface area contributed by atoms with E-state index in [1.165, 1.54) is 0 Å². The smallest absolute Gasteiger partial charge is 0.339 e. The fourth-order valence-electron chi connectivity index (χ4n) is 3.92. The van der Waals surface area contributed by atoms with Crippen LogP contribution in [0.25, 0.3) is 10.9 Å². The van der Waals surface area contributed by atoms with E-state index in [9.17, 15) is 19.8 Å². The van der Waals surface area contributed by atoms with E-state index in [0.717, 1.165) is 25.7 Å². The summed E-state index contributed by atoms with van der Waals surface area (Å²) in [7, 11) is 1.63. The molecule has 0 bridgehead atoms. The molecule has 9 heteroatoms. The minimum atomic E-state index is -1.12. The zero-order valence-corrected chi connectivity index (χ0v) is 17.1. The number of carboxylic acids is 1. The molecule has 6 N–H and O–H groups in total. The second kappa shape index (κ2) is 9.27. The molecule has 9 nitrogen and oxygen atoms in total. The molecule has 1 amide bonds. The summed E-state index contributed by atoms with van der Waals surface area (Å²) < 4.78 is 6.19. The third-order valence-electron chi connectivity index (χ3n) is 5.57. The normalized spacial score (nSPS) is 20.0. The van der Waals surface area contributed by atoms with E-state index in [1.807, 2.05) is 6.07 Å². The molecule has 1 aromatic carbocycles. The van der Waals surface area contributed by atoms with Gasteiger partial charge in [-0.15, -0.1) is 0 Å². The van der Waals surface area contributed by atoms with E-state index in [-0.39, 0.29) is 35.9 Å². The van der Waals surface area contributed by atoms with Gasteiger partial charge in [0.1, 0.15) is 17.4 Å². The molecule has 3 rings (SSSR count). The number of aromatic nitrogens is 1. The number of aryl methyl sites for hydroxylation is 1. The summed E-state index contributed by atoms with van der Waals surface area (Å²) in [6, 6.07) is 4.77. The Morgan fingerprint density at radius 2 is 2.00 bits per heavy atom. The SMILES string of the molecule is CN[C@@H](CO)C(=O)N[C@H]1CC[C@H](Oc2cccc3nc(C)c(C(=O)O)c(N)c23)CC1. The highest BCUT2D eigenvalue weighted by Gasteiger charge is 2.27. The van der Waals surface area contributed by atoms with Crippen molar-refractivity contribution in [3.05, 3.63) is 29.5 Å². The van der Waals surface area contributed by atoms with Crippen LogP contribution in [-0.4, -0.2) is 58.9 Å². The van der Waals surface area contributed by atoms with Gasteiger partial charge in [0.25, 0.3) is 0 Å². The third kappa shape index (κ3) is 4.47. The number of ether oxygens (including phenoxy) is 1. The molecule has 1 fully saturated rings. The Bertz CT molecular complexity index is 937. The predicted octanol–water partition coefficient (Wildman–Crippen LogP) is 1.21. The van der Waals surface area contributed by atoms with Gasteiger partial charge in [-0.3, -0.25) is 9.78 Å². The first kappa shape index (κ1) is 21.8. The maximum atomic E-state index is 12.1. The van der Waals surface area contributed by atoms with Crippen LogP contribution in [0.15, 0.2) is 18.2 Å². The number of carboxylic acid groups (broad SMARTS) is 1. The topological polar surface area (TPSA) is 147 Å². The Balaban J connectivity index is 1.72. The van der Waals surface area contributed by atoms with Crippen LogP contribution in [0.4, 0.5) is 5.69 Å². The van der Waals surface area contributed by atoms with Crippen LogP contribution in [-0.2, 0) is 4.79 Å².